The fourth-order valence-electron chi connectivity index (χ4n) is 2.05. The highest BCUT2D eigenvalue weighted by Gasteiger charge is 2.07. The smallest absolute Gasteiger partial charge is 0.335 e. The Morgan fingerprint density at radius 2 is 1.50 bits per heavy atom. The van der Waals surface area contributed by atoms with E-state index in [9.17, 15) is 9.59 Å². The van der Waals surface area contributed by atoms with Crippen molar-refractivity contribution in [1.82, 2.24) is 0 Å². The fraction of sp³-hybridized carbons (Fsp3) is 0.200. The van der Waals surface area contributed by atoms with Crippen LogP contribution in [0.25, 0.3) is 0 Å². The van der Waals surface area contributed by atoms with Crippen LogP contribution in [0.2, 0.25) is 0 Å². The summed E-state index contributed by atoms with van der Waals surface area (Å²) in [5.74, 6) is -1.72. The Kier molecular flexibility index (Phi) is 8.61. The Labute approximate surface area is 142 Å². The minimum absolute atomic E-state index is 0.331. The molecule has 0 fully saturated rings. The van der Waals surface area contributed by atoms with Gasteiger partial charge >= 0.3 is 11.9 Å². The summed E-state index contributed by atoms with van der Waals surface area (Å²) >= 11 is 0. The van der Waals surface area contributed by atoms with Crippen LogP contribution in [0.15, 0.2) is 66.7 Å². The SMILES string of the molecule is CC/C=C\CCc1ccccc1C(=O)O.O=C(O)c1ccccc1. The van der Waals surface area contributed by atoms with E-state index < -0.39 is 11.9 Å². The number of carboxylic acids is 2. The first-order valence-electron chi connectivity index (χ1n) is 7.80. The van der Waals surface area contributed by atoms with E-state index in [1.54, 1.807) is 42.5 Å². The number of benzene rings is 2. The van der Waals surface area contributed by atoms with Crippen molar-refractivity contribution in [3.63, 3.8) is 0 Å². The lowest BCUT2D eigenvalue weighted by molar-refractivity contribution is 0.0685. The van der Waals surface area contributed by atoms with Gasteiger partial charge in [-0.2, -0.15) is 0 Å². The highest BCUT2D eigenvalue weighted by molar-refractivity contribution is 5.89. The van der Waals surface area contributed by atoms with E-state index in [4.69, 9.17) is 10.2 Å². The van der Waals surface area contributed by atoms with Crippen molar-refractivity contribution in [2.45, 2.75) is 26.2 Å². The van der Waals surface area contributed by atoms with Crippen LogP contribution >= 0.6 is 0 Å². The van der Waals surface area contributed by atoms with E-state index in [1.807, 2.05) is 12.1 Å². The predicted molar refractivity (Wildman–Crippen MR) is 94.6 cm³/mol. The Bertz CT molecular complexity index is 675. The molecule has 0 atom stereocenters. The van der Waals surface area contributed by atoms with Crippen molar-refractivity contribution in [1.29, 1.82) is 0 Å². The third-order valence-corrected chi connectivity index (χ3v) is 3.25. The standard InChI is InChI=1S/C13H16O2.C7H6O2/c1-2-3-4-5-8-11-9-6-7-10-12(11)13(14)15;8-7(9)6-4-2-1-3-5-6/h3-4,6-7,9-10H,2,5,8H2,1H3,(H,14,15);1-5H,(H,8,9)/b4-3-;. The number of hydrogen-bond donors (Lipinski definition) is 2. The Morgan fingerprint density at radius 1 is 0.875 bits per heavy atom. The maximum Gasteiger partial charge on any atom is 0.335 e. The van der Waals surface area contributed by atoms with Crippen LogP contribution in [0.5, 0.6) is 0 Å². The van der Waals surface area contributed by atoms with E-state index in [-0.39, 0.29) is 0 Å². The molecule has 0 bridgehead atoms. The van der Waals surface area contributed by atoms with Gasteiger partial charge in [-0.1, -0.05) is 55.5 Å². The summed E-state index contributed by atoms with van der Waals surface area (Å²) in [7, 11) is 0. The molecule has 4 nitrogen and oxygen atoms in total. The molecule has 126 valence electrons. The molecule has 4 heteroatoms. The van der Waals surface area contributed by atoms with Crippen LogP contribution in [0, 0.1) is 0 Å². The highest BCUT2D eigenvalue weighted by Crippen LogP contribution is 2.11. The van der Waals surface area contributed by atoms with Crippen molar-refractivity contribution in [3.8, 4) is 0 Å². The van der Waals surface area contributed by atoms with E-state index in [0.29, 0.717) is 11.1 Å². The second-order valence-corrected chi connectivity index (χ2v) is 5.05. The summed E-state index contributed by atoms with van der Waals surface area (Å²) < 4.78 is 0. The molecule has 0 aliphatic heterocycles. The normalized spacial score (nSPS) is 10.0. The quantitative estimate of drug-likeness (QED) is 0.757. The van der Waals surface area contributed by atoms with E-state index in [2.05, 4.69) is 19.1 Å². The third-order valence-electron chi connectivity index (χ3n) is 3.25. The first-order valence-corrected chi connectivity index (χ1v) is 7.80. The van der Waals surface area contributed by atoms with Crippen LogP contribution in [0.1, 0.15) is 46.0 Å². The van der Waals surface area contributed by atoms with Gasteiger partial charge in [0.25, 0.3) is 0 Å². The monoisotopic (exact) mass is 326 g/mol. The number of aryl methyl sites for hydroxylation is 1. The van der Waals surface area contributed by atoms with Crippen molar-refractivity contribution in [3.05, 3.63) is 83.4 Å². The number of allylic oxidation sites excluding steroid dienone is 2. The molecule has 0 aromatic heterocycles. The van der Waals surface area contributed by atoms with Crippen molar-refractivity contribution >= 4 is 11.9 Å². The summed E-state index contributed by atoms with van der Waals surface area (Å²) in [5, 5.41) is 17.3. The average Bonchev–Trinajstić information content (AvgIpc) is 2.60. The molecule has 0 aliphatic carbocycles. The number of carbonyl (C=O) groups is 2. The zero-order valence-corrected chi connectivity index (χ0v) is 13.7. The highest BCUT2D eigenvalue weighted by atomic mass is 16.4. The maximum atomic E-state index is 10.9. The van der Waals surface area contributed by atoms with Gasteiger partial charge in [-0.15, -0.1) is 0 Å². The van der Waals surface area contributed by atoms with Crippen LogP contribution < -0.4 is 0 Å². The van der Waals surface area contributed by atoms with Gasteiger partial charge in [0.05, 0.1) is 11.1 Å². The van der Waals surface area contributed by atoms with Gasteiger partial charge in [0, 0.05) is 0 Å². The molecule has 0 saturated carbocycles. The molecular formula is C20H22O4. The Hall–Kier alpha value is -2.88. The zero-order valence-electron chi connectivity index (χ0n) is 13.7. The molecule has 0 heterocycles. The third kappa shape index (κ3) is 6.92. The largest absolute Gasteiger partial charge is 0.478 e. The molecule has 0 unspecified atom stereocenters. The maximum absolute atomic E-state index is 10.9. The lowest BCUT2D eigenvalue weighted by Crippen LogP contribution is -2.01. The first kappa shape index (κ1) is 19.2. The van der Waals surface area contributed by atoms with Gasteiger partial charge in [0.15, 0.2) is 0 Å². The van der Waals surface area contributed by atoms with Gasteiger partial charge in [0.1, 0.15) is 0 Å². The summed E-state index contributed by atoms with van der Waals surface area (Å²) in [5.41, 5.74) is 1.66. The molecule has 0 aliphatic rings. The molecule has 2 rings (SSSR count). The molecule has 0 spiro atoms. The Morgan fingerprint density at radius 3 is 2.04 bits per heavy atom. The second kappa shape index (κ2) is 10.8. The molecular weight excluding hydrogens is 304 g/mol. The van der Waals surface area contributed by atoms with E-state index in [0.717, 1.165) is 24.8 Å². The Balaban J connectivity index is 0.000000272. The van der Waals surface area contributed by atoms with Crippen molar-refractivity contribution in [2.24, 2.45) is 0 Å². The van der Waals surface area contributed by atoms with Gasteiger partial charge in [0.2, 0.25) is 0 Å². The molecule has 2 aromatic rings. The topological polar surface area (TPSA) is 74.6 Å². The molecule has 2 aromatic carbocycles. The predicted octanol–water partition coefficient (Wildman–Crippen LogP) is 4.67. The average molecular weight is 326 g/mol. The first-order chi connectivity index (χ1) is 11.6. The van der Waals surface area contributed by atoms with Gasteiger partial charge in [-0.05, 0) is 43.0 Å². The summed E-state index contributed by atoms with van der Waals surface area (Å²) in [6, 6.07) is 15.5. The minimum atomic E-state index is -0.879. The molecule has 0 amide bonds. The van der Waals surface area contributed by atoms with E-state index >= 15 is 0 Å². The van der Waals surface area contributed by atoms with Crippen molar-refractivity contribution < 1.29 is 19.8 Å². The summed E-state index contributed by atoms with van der Waals surface area (Å²) in [6.45, 7) is 2.09. The van der Waals surface area contributed by atoms with Crippen LogP contribution in [0.4, 0.5) is 0 Å². The second-order valence-electron chi connectivity index (χ2n) is 5.05. The lowest BCUT2D eigenvalue weighted by Gasteiger charge is -2.03. The number of hydrogen-bond acceptors (Lipinski definition) is 2. The van der Waals surface area contributed by atoms with Crippen LogP contribution in [-0.4, -0.2) is 22.2 Å². The fourth-order valence-corrected chi connectivity index (χ4v) is 2.05. The number of carboxylic acid groups (broad SMARTS) is 2. The van der Waals surface area contributed by atoms with Gasteiger partial charge < -0.3 is 10.2 Å². The molecule has 0 radical (unpaired) electrons. The van der Waals surface area contributed by atoms with Gasteiger partial charge in [-0.25, -0.2) is 9.59 Å². The van der Waals surface area contributed by atoms with Crippen LogP contribution in [-0.2, 0) is 6.42 Å². The minimum Gasteiger partial charge on any atom is -0.478 e. The lowest BCUT2D eigenvalue weighted by atomic mass is 10.0. The number of aromatic carboxylic acids is 2. The molecule has 24 heavy (non-hydrogen) atoms. The molecule has 2 N–H and O–H groups in total. The zero-order chi connectivity index (χ0) is 17.8. The summed E-state index contributed by atoms with van der Waals surface area (Å²) in [4.78, 5) is 21.1. The van der Waals surface area contributed by atoms with Gasteiger partial charge in [-0.3, -0.25) is 0 Å². The van der Waals surface area contributed by atoms with Crippen LogP contribution in [0.3, 0.4) is 0 Å². The summed E-state index contributed by atoms with van der Waals surface area (Å²) in [6.07, 6.45) is 6.92. The number of rotatable bonds is 6. The molecule has 0 saturated heterocycles. The van der Waals surface area contributed by atoms with Crippen molar-refractivity contribution in [2.75, 3.05) is 0 Å². The van der Waals surface area contributed by atoms with E-state index in [1.165, 1.54) is 0 Å².